The molecule has 4 nitrogen and oxygen atoms in total. The van der Waals surface area contributed by atoms with E-state index in [1.165, 1.54) is 10.4 Å². The molecule has 0 aliphatic carbocycles. The minimum Gasteiger partial charge on any atom is -0.408 e. The van der Waals surface area contributed by atoms with Crippen molar-refractivity contribution < 1.29 is 4.42 Å². The van der Waals surface area contributed by atoms with Gasteiger partial charge < -0.3 is 9.73 Å². The molecule has 0 spiro atoms. The topological polar surface area (TPSA) is 51.0 Å². The molecular formula is C9H11N3OS. The van der Waals surface area contributed by atoms with Gasteiger partial charge in [0.25, 0.3) is 0 Å². The summed E-state index contributed by atoms with van der Waals surface area (Å²) >= 11 is 1.72. The van der Waals surface area contributed by atoms with E-state index in [0.29, 0.717) is 11.9 Å². The zero-order valence-electron chi connectivity index (χ0n) is 8.07. The molecule has 1 N–H and O–H groups in total. The zero-order valence-corrected chi connectivity index (χ0v) is 8.89. The van der Waals surface area contributed by atoms with Crippen LogP contribution in [0.3, 0.4) is 0 Å². The Morgan fingerprint density at radius 2 is 2.29 bits per heavy atom. The van der Waals surface area contributed by atoms with E-state index in [1.54, 1.807) is 18.3 Å². The summed E-state index contributed by atoms with van der Waals surface area (Å²) in [4.78, 5) is 1.29. The van der Waals surface area contributed by atoms with Crippen molar-refractivity contribution in [3.63, 3.8) is 0 Å². The van der Waals surface area contributed by atoms with Crippen molar-refractivity contribution in [3.05, 3.63) is 27.8 Å². The monoisotopic (exact) mass is 209 g/mol. The van der Waals surface area contributed by atoms with Crippen LogP contribution in [0.15, 0.2) is 15.9 Å². The second-order valence-corrected chi connectivity index (χ2v) is 4.01. The van der Waals surface area contributed by atoms with Gasteiger partial charge >= 0.3 is 6.01 Å². The van der Waals surface area contributed by atoms with Crippen molar-refractivity contribution >= 4 is 17.4 Å². The summed E-state index contributed by atoms with van der Waals surface area (Å²) in [7, 11) is 0. The zero-order chi connectivity index (χ0) is 9.97. The number of thiophene rings is 1. The molecule has 0 atom stereocenters. The molecule has 0 saturated carbocycles. The highest BCUT2D eigenvalue weighted by Crippen LogP contribution is 2.16. The van der Waals surface area contributed by atoms with Gasteiger partial charge in [-0.2, -0.15) is 0 Å². The number of nitrogens with one attached hydrogen (secondary N) is 1. The van der Waals surface area contributed by atoms with Gasteiger partial charge in [0.05, 0.1) is 6.54 Å². The number of nitrogens with zero attached hydrogens (tertiary/aromatic N) is 2. The molecule has 0 unspecified atom stereocenters. The minimum atomic E-state index is 0.482. The van der Waals surface area contributed by atoms with Crippen molar-refractivity contribution in [3.8, 4) is 0 Å². The predicted octanol–water partition coefficient (Wildman–Crippen LogP) is 2.36. The fraction of sp³-hybridized carbons (Fsp3) is 0.333. The van der Waals surface area contributed by atoms with E-state index >= 15 is 0 Å². The Hall–Kier alpha value is -1.36. The summed E-state index contributed by atoms with van der Waals surface area (Å²) in [6, 6.07) is 2.58. The summed E-state index contributed by atoms with van der Waals surface area (Å²) in [6.45, 7) is 4.60. The summed E-state index contributed by atoms with van der Waals surface area (Å²) in [6.07, 6.45) is 0. The van der Waals surface area contributed by atoms with Crippen molar-refractivity contribution in [2.24, 2.45) is 0 Å². The molecule has 0 saturated heterocycles. The Kier molecular flexibility index (Phi) is 2.49. The molecule has 5 heteroatoms. The standard InChI is InChI=1S/C9H11N3OS/c1-6-3-4-14-8(6)5-10-9-12-11-7(2)13-9/h3-4H,5H2,1-2H3,(H,10,12). The van der Waals surface area contributed by atoms with E-state index in [4.69, 9.17) is 4.42 Å². The fourth-order valence-electron chi connectivity index (χ4n) is 1.11. The molecule has 2 aromatic heterocycles. The van der Waals surface area contributed by atoms with Gasteiger partial charge in [-0.3, -0.25) is 0 Å². The quantitative estimate of drug-likeness (QED) is 0.843. The van der Waals surface area contributed by atoms with Gasteiger partial charge in [-0.15, -0.1) is 16.4 Å². The lowest BCUT2D eigenvalue weighted by molar-refractivity contribution is 0.531. The molecule has 0 bridgehead atoms. The lowest BCUT2D eigenvalue weighted by Crippen LogP contribution is -1.98. The Morgan fingerprint density at radius 3 is 2.86 bits per heavy atom. The van der Waals surface area contributed by atoms with Crippen molar-refractivity contribution in [1.29, 1.82) is 0 Å². The molecule has 2 aromatic rings. The first-order valence-corrected chi connectivity index (χ1v) is 5.20. The van der Waals surface area contributed by atoms with E-state index in [0.717, 1.165) is 6.54 Å². The van der Waals surface area contributed by atoms with Crippen LogP contribution in [-0.2, 0) is 6.54 Å². The Bertz CT molecular complexity index is 421. The lowest BCUT2D eigenvalue weighted by Gasteiger charge is -1.99. The minimum absolute atomic E-state index is 0.482. The fourth-order valence-corrected chi connectivity index (χ4v) is 1.95. The van der Waals surface area contributed by atoms with Crippen LogP contribution in [-0.4, -0.2) is 10.2 Å². The number of rotatable bonds is 3. The van der Waals surface area contributed by atoms with Crippen molar-refractivity contribution in [2.45, 2.75) is 20.4 Å². The van der Waals surface area contributed by atoms with Crippen LogP contribution in [0.4, 0.5) is 6.01 Å². The van der Waals surface area contributed by atoms with E-state index in [1.807, 2.05) is 0 Å². The number of aromatic nitrogens is 2. The van der Waals surface area contributed by atoms with Gasteiger partial charge in [-0.05, 0) is 23.9 Å². The van der Waals surface area contributed by atoms with E-state index in [-0.39, 0.29) is 0 Å². The predicted molar refractivity (Wildman–Crippen MR) is 55.4 cm³/mol. The van der Waals surface area contributed by atoms with Crippen LogP contribution in [0.25, 0.3) is 0 Å². The summed E-state index contributed by atoms with van der Waals surface area (Å²) in [5.74, 6) is 0.579. The Morgan fingerprint density at radius 1 is 1.43 bits per heavy atom. The lowest BCUT2D eigenvalue weighted by atomic mass is 10.3. The normalized spacial score (nSPS) is 10.4. The largest absolute Gasteiger partial charge is 0.408 e. The number of aryl methyl sites for hydroxylation is 2. The van der Waals surface area contributed by atoms with Gasteiger partial charge in [0.2, 0.25) is 5.89 Å². The third kappa shape index (κ3) is 1.93. The van der Waals surface area contributed by atoms with Crippen LogP contribution in [0, 0.1) is 13.8 Å². The summed E-state index contributed by atoms with van der Waals surface area (Å²) in [5, 5.41) is 12.7. The van der Waals surface area contributed by atoms with Gasteiger partial charge in [0, 0.05) is 11.8 Å². The summed E-state index contributed by atoms with van der Waals surface area (Å²) < 4.78 is 5.19. The van der Waals surface area contributed by atoms with Crippen LogP contribution < -0.4 is 5.32 Å². The van der Waals surface area contributed by atoms with Gasteiger partial charge in [-0.1, -0.05) is 5.10 Å². The molecule has 2 heterocycles. The molecule has 0 amide bonds. The van der Waals surface area contributed by atoms with Gasteiger partial charge in [0.1, 0.15) is 0 Å². The number of hydrogen-bond donors (Lipinski definition) is 1. The first-order chi connectivity index (χ1) is 6.75. The van der Waals surface area contributed by atoms with E-state index < -0.39 is 0 Å². The van der Waals surface area contributed by atoms with Gasteiger partial charge in [-0.25, -0.2) is 0 Å². The van der Waals surface area contributed by atoms with Crippen LogP contribution in [0.1, 0.15) is 16.3 Å². The molecule has 0 radical (unpaired) electrons. The molecule has 2 rings (SSSR count). The summed E-state index contributed by atoms with van der Waals surface area (Å²) in [5.41, 5.74) is 1.29. The first kappa shape index (κ1) is 9.21. The highest BCUT2D eigenvalue weighted by molar-refractivity contribution is 7.10. The van der Waals surface area contributed by atoms with Crippen LogP contribution >= 0.6 is 11.3 Å². The maximum atomic E-state index is 5.19. The average molecular weight is 209 g/mol. The highest BCUT2D eigenvalue weighted by atomic mass is 32.1. The Labute approximate surface area is 86.0 Å². The molecule has 0 aromatic carbocycles. The van der Waals surface area contributed by atoms with E-state index in [9.17, 15) is 0 Å². The molecule has 0 fully saturated rings. The number of hydrogen-bond acceptors (Lipinski definition) is 5. The third-order valence-electron chi connectivity index (χ3n) is 1.89. The van der Waals surface area contributed by atoms with Crippen LogP contribution in [0.5, 0.6) is 0 Å². The van der Waals surface area contributed by atoms with Crippen LogP contribution in [0.2, 0.25) is 0 Å². The van der Waals surface area contributed by atoms with E-state index in [2.05, 4.69) is 33.9 Å². The second-order valence-electron chi connectivity index (χ2n) is 3.01. The smallest absolute Gasteiger partial charge is 0.315 e. The third-order valence-corrected chi connectivity index (χ3v) is 2.92. The van der Waals surface area contributed by atoms with Crippen molar-refractivity contribution in [1.82, 2.24) is 10.2 Å². The Balaban J connectivity index is 1.98. The first-order valence-electron chi connectivity index (χ1n) is 4.32. The average Bonchev–Trinajstić information content (AvgIpc) is 2.72. The van der Waals surface area contributed by atoms with Crippen molar-refractivity contribution in [2.75, 3.05) is 5.32 Å². The molecule has 0 aliphatic heterocycles. The molecule has 0 aliphatic rings. The highest BCUT2D eigenvalue weighted by Gasteiger charge is 2.03. The maximum Gasteiger partial charge on any atom is 0.315 e. The number of anilines is 1. The maximum absolute atomic E-state index is 5.19. The second kappa shape index (κ2) is 3.79. The molecular weight excluding hydrogens is 198 g/mol. The SMILES string of the molecule is Cc1nnc(NCc2sccc2C)o1. The molecule has 14 heavy (non-hydrogen) atoms. The molecule has 74 valence electrons. The van der Waals surface area contributed by atoms with Gasteiger partial charge in [0.15, 0.2) is 0 Å².